The molecule has 0 aliphatic carbocycles. The first kappa shape index (κ1) is 23.9. The van der Waals surface area contributed by atoms with Gasteiger partial charge in [-0.3, -0.25) is 9.59 Å². The van der Waals surface area contributed by atoms with Crippen molar-refractivity contribution in [2.24, 2.45) is 5.92 Å². The topological polar surface area (TPSA) is 83.6 Å². The normalized spacial score (nSPS) is 14.6. The summed E-state index contributed by atoms with van der Waals surface area (Å²) >= 11 is 3.37. The van der Waals surface area contributed by atoms with E-state index in [0.29, 0.717) is 35.6 Å². The van der Waals surface area contributed by atoms with Crippen molar-refractivity contribution in [3.8, 4) is 0 Å². The van der Waals surface area contributed by atoms with Gasteiger partial charge in [-0.15, -0.1) is 0 Å². The third-order valence-electron chi connectivity index (χ3n) is 5.44. The van der Waals surface area contributed by atoms with Gasteiger partial charge in [-0.25, -0.2) is 8.42 Å². The number of nitrogens with zero attached hydrogens (tertiary/aromatic N) is 1. The molecule has 2 rings (SSSR count). The molecule has 1 atom stereocenters. The summed E-state index contributed by atoms with van der Waals surface area (Å²) in [5.41, 5.74) is 1.30. The van der Waals surface area contributed by atoms with Crippen LogP contribution in [-0.4, -0.2) is 39.1 Å². The second-order valence-corrected chi connectivity index (χ2v) is 10.6. The van der Waals surface area contributed by atoms with Gasteiger partial charge in [-0.1, -0.05) is 49.0 Å². The SMILES string of the molecule is CCCCC(CC)CNC(=O)CCS(=O)(=O)c1cc(Br)cc2c1N(C(C)=O)CC2. The van der Waals surface area contributed by atoms with Crippen LogP contribution in [0.3, 0.4) is 0 Å². The molecule has 1 unspecified atom stereocenters. The molecule has 8 heteroatoms. The minimum atomic E-state index is -3.71. The highest BCUT2D eigenvalue weighted by atomic mass is 79.9. The molecule has 162 valence electrons. The number of hydrogen-bond donors (Lipinski definition) is 1. The number of sulfone groups is 1. The fraction of sp³-hybridized carbons (Fsp3) is 0.619. The average molecular weight is 487 g/mol. The molecule has 2 amide bonds. The van der Waals surface area contributed by atoms with E-state index in [0.717, 1.165) is 31.2 Å². The summed E-state index contributed by atoms with van der Waals surface area (Å²) in [6.45, 7) is 6.73. The van der Waals surface area contributed by atoms with E-state index >= 15 is 0 Å². The van der Waals surface area contributed by atoms with Crippen LogP contribution in [-0.2, 0) is 25.8 Å². The quantitative estimate of drug-likeness (QED) is 0.544. The Balaban J connectivity index is 2.07. The largest absolute Gasteiger partial charge is 0.356 e. The summed E-state index contributed by atoms with van der Waals surface area (Å²) in [4.78, 5) is 25.8. The third kappa shape index (κ3) is 6.28. The third-order valence-corrected chi connectivity index (χ3v) is 7.62. The number of anilines is 1. The van der Waals surface area contributed by atoms with Gasteiger partial charge in [0.1, 0.15) is 0 Å². The van der Waals surface area contributed by atoms with Gasteiger partial charge in [0.2, 0.25) is 11.8 Å². The van der Waals surface area contributed by atoms with Gasteiger partial charge >= 0.3 is 0 Å². The molecule has 0 fully saturated rings. The number of rotatable bonds is 10. The Morgan fingerprint density at radius 1 is 1.28 bits per heavy atom. The van der Waals surface area contributed by atoms with Crippen LogP contribution in [0, 0.1) is 5.92 Å². The summed E-state index contributed by atoms with van der Waals surface area (Å²) in [6.07, 6.45) is 4.84. The number of unbranched alkanes of at least 4 members (excludes halogenated alkanes) is 1. The highest BCUT2D eigenvalue weighted by Crippen LogP contribution is 2.38. The molecular weight excluding hydrogens is 456 g/mol. The minimum absolute atomic E-state index is 0.0894. The predicted molar refractivity (Wildman–Crippen MR) is 119 cm³/mol. The summed E-state index contributed by atoms with van der Waals surface area (Å²) in [5.74, 6) is -0.288. The summed E-state index contributed by atoms with van der Waals surface area (Å²) in [7, 11) is -3.71. The van der Waals surface area contributed by atoms with Crippen LogP contribution >= 0.6 is 15.9 Å². The zero-order valence-corrected chi connectivity index (χ0v) is 19.9. The van der Waals surface area contributed by atoms with Crippen molar-refractivity contribution < 1.29 is 18.0 Å². The van der Waals surface area contributed by atoms with Crippen molar-refractivity contribution in [3.05, 3.63) is 22.2 Å². The molecule has 0 radical (unpaired) electrons. The van der Waals surface area contributed by atoms with Crippen LogP contribution in [0.5, 0.6) is 0 Å². The number of benzene rings is 1. The standard InChI is InChI=1S/C21H31BrN2O4S/c1-4-6-7-16(5-2)14-23-20(26)9-11-29(27,28)19-13-18(22)12-17-8-10-24(15(3)25)21(17)19/h12-13,16H,4-11,14H2,1-3H3,(H,23,26). The Kier molecular flexibility index (Phi) is 8.70. The van der Waals surface area contributed by atoms with Gasteiger partial charge in [0.05, 0.1) is 16.3 Å². The zero-order valence-electron chi connectivity index (χ0n) is 17.5. The number of halogens is 1. The Morgan fingerprint density at radius 2 is 2.00 bits per heavy atom. The maximum absolute atomic E-state index is 13.0. The van der Waals surface area contributed by atoms with Gasteiger partial charge in [0.15, 0.2) is 9.84 Å². The van der Waals surface area contributed by atoms with Crippen LogP contribution in [0.2, 0.25) is 0 Å². The van der Waals surface area contributed by atoms with Gasteiger partial charge < -0.3 is 10.2 Å². The first-order valence-corrected chi connectivity index (χ1v) is 12.7. The lowest BCUT2D eigenvalue weighted by Gasteiger charge is -2.19. The summed E-state index contributed by atoms with van der Waals surface area (Å²) < 4.78 is 26.7. The van der Waals surface area contributed by atoms with Crippen molar-refractivity contribution >= 4 is 43.3 Å². The maximum Gasteiger partial charge on any atom is 0.223 e. The molecule has 29 heavy (non-hydrogen) atoms. The van der Waals surface area contributed by atoms with Gasteiger partial charge in [0.25, 0.3) is 0 Å². The van der Waals surface area contributed by atoms with Crippen LogP contribution < -0.4 is 10.2 Å². The summed E-state index contributed by atoms with van der Waals surface area (Å²) in [5, 5.41) is 2.88. The van der Waals surface area contributed by atoms with E-state index in [1.54, 1.807) is 0 Å². The van der Waals surface area contributed by atoms with E-state index in [1.807, 2.05) is 6.07 Å². The molecule has 1 aliphatic rings. The molecule has 0 bridgehead atoms. The smallest absolute Gasteiger partial charge is 0.223 e. The van der Waals surface area contributed by atoms with Crippen molar-refractivity contribution in [2.75, 3.05) is 23.7 Å². The zero-order chi connectivity index (χ0) is 21.6. The fourth-order valence-electron chi connectivity index (χ4n) is 3.65. The van der Waals surface area contributed by atoms with E-state index in [9.17, 15) is 18.0 Å². The van der Waals surface area contributed by atoms with E-state index in [2.05, 4.69) is 35.1 Å². The van der Waals surface area contributed by atoms with Crippen molar-refractivity contribution in [3.63, 3.8) is 0 Å². The lowest BCUT2D eigenvalue weighted by atomic mass is 9.99. The molecule has 1 heterocycles. The maximum atomic E-state index is 13.0. The predicted octanol–water partition coefficient (Wildman–Crippen LogP) is 3.85. The molecule has 0 saturated heterocycles. The molecule has 1 aromatic rings. The summed E-state index contributed by atoms with van der Waals surface area (Å²) in [6, 6.07) is 3.39. The molecule has 1 aliphatic heterocycles. The number of hydrogen-bond acceptors (Lipinski definition) is 4. The molecular formula is C21H31BrN2O4S. The number of amides is 2. The number of nitrogens with one attached hydrogen (secondary N) is 1. The van der Waals surface area contributed by atoms with Crippen LogP contribution in [0.25, 0.3) is 0 Å². The molecule has 0 aromatic heterocycles. The highest BCUT2D eigenvalue weighted by Gasteiger charge is 2.31. The van der Waals surface area contributed by atoms with E-state index in [-0.39, 0.29) is 28.9 Å². The Hall–Kier alpha value is -1.41. The first-order chi connectivity index (χ1) is 13.7. The Morgan fingerprint density at radius 3 is 2.62 bits per heavy atom. The molecule has 6 nitrogen and oxygen atoms in total. The number of carbonyl (C=O) groups excluding carboxylic acids is 2. The molecule has 1 N–H and O–H groups in total. The van der Waals surface area contributed by atoms with E-state index in [1.165, 1.54) is 17.9 Å². The van der Waals surface area contributed by atoms with Gasteiger partial charge in [-0.05, 0) is 36.5 Å². The number of fused-ring (bicyclic) bond motifs is 1. The Labute approximate surface area is 182 Å². The molecule has 0 saturated carbocycles. The van der Waals surface area contributed by atoms with Crippen molar-refractivity contribution in [1.29, 1.82) is 0 Å². The lowest BCUT2D eigenvalue weighted by Crippen LogP contribution is -2.31. The van der Waals surface area contributed by atoms with E-state index < -0.39 is 9.84 Å². The fourth-order valence-corrected chi connectivity index (χ4v) is 5.82. The van der Waals surface area contributed by atoms with Gasteiger partial charge in [-0.2, -0.15) is 0 Å². The van der Waals surface area contributed by atoms with Crippen molar-refractivity contribution in [1.82, 2.24) is 5.32 Å². The molecule has 1 aromatic carbocycles. The van der Waals surface area contributed by atoms with Crippen LogP contribution in [0.15, 0.2) is 21.5 Å². The van der Waals surface area contributed by atoms with E-state index in [4.69, 9.17) is 0 Å². The minimum Gasteiger partial charge on any atom is -0.356 e. The monoisotopic (exact) mass is 486 g/mol. The van der Waals surface area contributed by atoms with Gasteiger partial charge in [0, 0.05) is 30.9 Å². The first-order valence-electron chi connectivity index (χ1n) is 10.3. The second-order valence-electron chi connectivity index (χ2n) is 7.62. The molecule has 0 spiro atoms. The highest BCUT2D eigenvalue weighted by molar-refractivity contribution is 9.10. The average Bonchev–Trinajstić information content (AvgIpc) is 3.09. The second kappa shape index (κ2) is 10.6. The Bertz CT molecular complexity index is 854. The van der Waals surface area contributed by atoms with Crippen molar-refractivity contribution in [2.45, 2.75) is 64.2 Å². The number of carbonyl (C=O) groups is 2. The van der Waals surface area contributed by atoms with Crippen LogP contribution in [0.4, 0.5) is 5.69 Å². The lowest BCUT2D eigenvalue weighted by molar-refractivity contribution is -0.121. The van der Waals surface area contributed by atoms with Crippen LogP contribution in [0.1, 0.15) is 58.4 Å².